The Morgan fingerprint density at radius 1 is 1.17 bits per heavy atom. The molecular weight excluding hydrogens is 378 g/mol. The van der Waals surface area contributed by atoms with Crippen molar-refractivity contribution in [1.29, 1.82) is 0 Å². The molecule has 0 amide bonds. The van der Waals surface area contributed by atoms with Crippen molar-refractivity contribution < 1.29 is 0 Å². The number of hydrogen-bond acceptors (Lipinski definition) is 6. The minimum absolute atomic E-state index is 0.766. The van der Waals surface area contributed by atoms with Gasteiger partial charge in [-0.3, -0.25) is 9.88 Å². The molecule has 1 aliphatic heterocycles. The van der Waals surface area contributed by atoms with Gasteiger partial charge >= 0.3 is 0 Å². The lowest BCUT2D eigenvalue weighted by Crippen LogP contribution is -2.47. The Labute approximate surface area is 176 Å². The number of fused-ring (bicyclic) bond motifs is 3. The predicted octanol–water partition coefficient (Wildman–Crippen LogP) is 4.41. The van der Waals surface area contributed by atoms with Crippen LogP contribution in [0.15, 0.2) is 24.5 Å². The summed E-state index contributed by atoms with van der Waals surface area (Å²) in [6.45, 7) is 10.1. The number of aromatic nitrogens is 3. The van der Waals surface area contributed by atoms with Crippen LogP contribution in [0.3, 0.4) is 0 Å². The molecule has 6 heteroatoms. The number of anilines is 1. The largest absolute Gasteiger partial charge is 0.353 e. The molecule has 5 rings (SSSR count). The summed E-state index contributed by atoms with van der Waals surface area (Å²) in [7, 11) is 0. The Bertz CT molecular complexity index is 991. The van der Waals surface area contributed by atoms with Gasteiger partial charge in [-0.2, -0.15) is 0 Å². The molecule has 0 unspecified atom stereocenters. The van der Waals surface area contributed by atoms with Gasteiger partial charge in [-0.05, 0) is 55.8 Å². The minimum atomic E-state index is 0.766. The molecule has 3 aromatic heterocycles. The Balaban J connectivity index is 1.60. The van der Waals surface area contributed by atoms with Gasteiger partial charge < -0.3 is 4.90 Å². The van der Waals surface area contributed by atoms with Gasteiger partial charge in [0.05, 0.1) is 5.39 Å². The van der Waals surface area contributed by atoms with Crippen molar-refractivity contribution in [2.24, 2.45) is 5.92 Å². The van der Waals surface area contributed by atoms with Crippen molar-refractivity contribution in [3.05, 3.63) is 35.0 Å². The van der Waals surface area contributed by atoms with E-state index in [-0.39, 0.29) is 0 Å². The quantitative estimate of drug-likeness (QED) is 0.641. The number of piperazine rings is 1. The van der Waals surface area contributed by atoms with Crippen LogP contribution in [0.2, 0.25) is 0 Å². The van der Waals surface area contributed by atoms with E-state index in [2.05, 4.69) is 34.7 Å². The number of aryl methyl sites for hydroxylation is 1. The zero-order valence-electron chi connectivity index (χ0n) is 17.4. The lowest BCUT2D eigenvalue weighted by Gasteiger charge is -2.35. The molecule has 29 heavy (non-hydrogen) atoms. The molecule has 3 aromatic rings. The standard InChI is InChI=1S/C23H29N5S/c1-3-9-27-10-12-28(13-11-27)22-20-18-7-6-16(2)14-19(18)29-23(20)26-21(25-22)17-5-4-8-24-15-17/h4-5,8,15-16H,3,6-7,9-14H2,1-2H3/t16-/m0/s1. The maximum absolute atomic E-state index is 5.13. The van der Waals surface area contributed by atoms with Crippen LogP contribution in [0.4, 0.5) is 5.82 Å². The Kier molecular flexibility index (Phi) is 5.22. The van der Waals surface area contributed by atoms with Gasteiger partial charge in [0.1, 0.15) is 10.6 Å². The van der Waals surface area contributed by atoms with Crippen LogP contribution in [-0.4, -0.2) is 52.6 Å². The first-order chi connectivity index (χ1) is 14.2. The van der Waals surface area contributed by atoms with E-state index in [1.165, 1.54) is 41.6 Å². The van der Waals surface area contributed by atoms with E-state index < -0.39 is 0 Å². The van der Waals surface area contributed by atoms with Gasteiger partial charge in [0, 0.05) is 49.0 Å². The van der Waals surface area contributed by atoms with Crippen LogP contribution >= 0.6 is 11.3 Å². The molecule has 0 bridgehead atoms. The fraction of sp³-hybridized carbons (Fsp3) is 0.522. The van der Waals surface area contributed by atoms with E-state index in [4.69, 9.17) is 9.97 Å². The first kappa shape index (κ1) is 18.9. The molecule has 4 heterocycles. The van der Waals surface area contributed by atoms with Gasteiger partial charge in [-0.15, -0.1) is 11.3 Å². The van der Waals surface area contributed by atoms with Gasteiger partial charge in [-0.25, -0.2) is 9.97 Å². The molecule has 2 aliphatic rings. The summed E-state index contributed by atoms with van der Waals surface area (Å²) in [6, 6.07) is 4.03. The predicted molar refractivity (Wildman–Crippen MR) is 121 cm³/mol. The molecule has 5 nitrogen and oxygen atoms in total. The highest BCUT2D eigenvalue weighted by molar-refractivity contribution is 7.19. The molecule has 152 valence electrons. The molecule has 0 radical (unpaired) electrons. The maximum Gasteiger partial charge on any atom is 0.164 e. The molecule has 1 fully saturated rings. The second-order valence-corrected chi connectivity index (χ2v) is 9.56. The molecular formula is C23H29N5S. The fourth-order valence-corrected chi connectivity index (χ4v) is 6.05. The second-order valence-electron chi connectivity index (χ2n) is 8.47. The van der Waals surface area contributed by atoms with Gasteiger partial charge in [-0.1, -0.05) is 13.8 Å². The third-order valence-electron chi connectivity index (χ3n) is 6.27. The smallest absolute Gasteiger partial charge is 0.164 e. The van der Waals surface area contributed by atoms with E-state index in [1.54, 1.807) is 6.20 Å². The highest BCUT2D eigenvalue weighted by Gasteiger charge is 2.27. The average Bonchev–Trinajstić information content (AvgIpc) is 3.12. The average molecular weight is 408 g/mol. The van der Waals surface area contributed by atoms with Gasteiger partial charge in [0.2, 0.25) is 0 Å². The number of pyridine rings is 1. The Morgan fingerprint density at radius 3 is 2.79 bits per heavy atom. The Morgan fingerprint density at radius 2 is 2.03 bits per heavy atom. The molecule has 1 saturated heterocycles. The highest BCUT2D eigenvalue weighted by Crippen LogP contribution is 2.42. The van der Waals surface area contributed by atoms with E-state index in [1.807, 2.05) is 23.6 Å². The zero-order chi connectivity index (χ0) is 19.8. The van der Waals surface area contributed by atoms with Crippen LogP contribution in [0.5, 0.6) is 0 Å². The normalized spacial score (nSPS) is 20.2. The molecule has 0 N–H and O–H groups in total. The van der Waals surface area contributed by atoms with Crippen molar-refractivity contribution in [2.75, 3.05) is 37.6 Å². The molecule has 0 aromatic carbocycles. The van der Waals surface area contributed by atoms with Gasteiger partial charge in [0.25, 0.3) is 0 Å². The number of rotatable bonds is 4. The van der Waals surface area contributed by atoms with Gasteiger partial charge in [0.15, 0.2) is 5.82 Å². The highest BCUT2D eigenvalue weighted by atomic mass is 32.1. The molecule has 1 aliphatic carbocycles. The SMILES string of the molecule is CCCN1CCN(c2nc(-c3cccnc3)nc3sc4c(c23)CC[C@H](C)C4)CC1. The lowest BCUT2D eigenvalue weighted by atomic mass is 9.89. The third kappa shape index (κ3) is 3.64. The summed E-state index contributed by atoms with van der Waals surface area (Å²) >= 11 is 1.89. The van der Waals surface area contributed by atoms with Crippen LogP contribution in [0, 0.1) is 5.92 Å². The zero-order valence-corrected chi connectivity index (χ0v) is 18.2. The second kappa shape index (κ2) is 8.00. The van der Waals surface area contributed by atoms with Crippen LogP contribution in [0.1, 0.15) is 37.1 Å². The number of hydrogen-bond donors (Lipinski definition) is 0. The van der Waals surface area contributed by atoms with Crippen molar-refractivity contribution in [3.63, 3.8) is 0 Å². The summed E-state index contributed by atoms with van der Waals surface area (Å²) in [5.74, 6) is 2.72. The maximum atomic E-state index is 5.13. The summed E-state index contributed by atoms with van der Waals surface area (Å²) < 4.78 is 0. The van der Waals surface area contributed by atoms with Crippen LogP contribution in [0.25, 0.3) is 21.6 Å². The van der Waals surface area contributed by atoms with Crippen LogP contribution < -0.4 is 4.90 Å². The third-order valence-corrected chi connectivity index (χ3v) is 7.42. The molecule has 0 saturated carbocycles. The monoisotopic (exact) mass is 407 g/mol. The first-order valence-electron chi connectivity index (χ1n) is 10.9. The van der Waals surface area contributed by atoms with Crippen molar-refractivity contribution in [3.8, 4) is 11.4 Å². The molecule has 0 spiro atoms. The minimum Gasteiger partial charge on any atom is -0.353 e. The summed E-state index contributed by atoms with van der Waals surface area (Å²) in [5, 5.41) is 1.33. The van der Waals surface area contributed by atoms with Crippen molar-refractivity contribution >= 4 is 27.4 Å². The fourth-order valence-electron chi connectivity index (χ4n) is 4.68. The van der Waals surface area contributed by atoms with E-state index in [0.717, 1.165) is 60.6 Å². The van der Waals surface area contributed by atoms with Crippen molar-refractivity contribution in [2.45, 2.75) is 39.5 Å². The summed E-state index contributed by atoms with van der Waals surface area (Å²) in [4.78, 5) is 22.2. The number of thiophene rings is 1. The molecule has 1 atom stereocenters. The van der Waals surface area contributed by atoms with Crippen molar-refractivity contribution in [1.82, 2.24) is 19.9 Å². The first-order valence-corrected chi connectivity index (χ1v) is 11.7. The Hall–Kier alpha value is -2.05. The topological polar surface area (TPSA) is 45.2 Å². The van der Waals surface area contributed by atoms with Crippen LogP contribution in [-0.2, 0) is 12.8 Å². The van der Waals surface area contributed by atoms with E-state index >= 15 is 0 Å². The van der Waals surface area contributed by atoms with E-state index in [0.29, 0.717) is 0 Å². The van der Waals surface area contributed by atoms with E-state index in [9.17, 15) is 0 Å². The summed E-state index contributed by atoms with van der Waals surface area (Å²) in [5.41, 5.74) is 2.52. The lowest BCUT2D eigenvalue weighted by molar-refractivity contribution is 0.258. The number of nitrogens with zero attached hydrogens (tertiary/aromatic N) is 5. The summed E-state index contributed by atoms with van der Waals surface area (Å²) in [6.07, 6.45) is 8.52.